The fourth-order valence-electron chi connectivity index (χ4n) is 6.15. The summed E-state index contributed by atoms with van der Waals surface area (Å²) in [6.07, 6.45) is 45.5. The standard InChI is InChI=1S/C46H82O6/c1-4-7-10-13-16-19-22-23-25-27-30-33-36-39-45(48)51-42-43(41-50-44(47)38-35-32-29-26-21-18-15-12-9-6-3)52-46(49)40-37-34-31-28-24-20-17-14-11-8-5-2/h7,10,13,16,19,22,43H,4-6,8-9,11-12,14-15,17-18,20-21,23-42H2,1-3H3/b10-7-,16-13-,22-19-. The molecule has 0 spiro atoms. The summed E-state index contributed by atoms with van der Waals surface area (Å²) < 4.78 is 16.7. The highest BCUT2D eigenvalue weighted by Crippen LogP contribution is 2.14. The van der Waals surface area contributed by atoms with Crippen LogP contribution in [0.1, 0.15) is 220 Å². The minimum absolute atomic E-state index is 0.0758. The molecule has 0 fully saturated rings. The van der Waals surface area contributed by atoms with Crippen LogP contribution in [0.2, 0.25) is 0 Å². The first-order chi connectivity index (χ1) is 25.5. The van der Waals surface area contributed by atoms with Crippen molar-refractivity contribution >= 4 is 17.9 Å². The Hall–Kier alpha value is -2.37. The van der Waals surface area contributed by atoms with E-state index in [1.54, 1.807) is 0 Å². The zero-order chi connectivity index (χ0) is 38.0. The molecule has 0 aliphatic heterocycles. The molecule has 6 heteroatoms. The monoisotopic (exact) mass is 731 g/mol. The van der Waals surface area contributed by atoms with Gasteiger partial charge in [0.15, 0.2) is 6.10 Å². The van der Waals surface area contributed by atoms with Gasteiger partial charge in [0.1, 0.15) is 13.2 Å². The maximum absolute atomic E-state index is 12.7. The van der Waals surface area contributed by atoms with Gasteiger partial charge in [-0.25, -0.2) is 0 Å². The highest BCUT2D eigenvalue weighted by Gasteiger charge is 2.19. The van der Waals surface area contributed by atoms with Crippen molar-refractivity contribution in [3.8, 4) is 0 Å². The molecule has 0 aromatic rings. The largest absolute Gasteiger partial charge is 0.462 e. The molecule has 6 nitrogen and oxygen atoms in total. The van der Waals surface area contributed by atoms with Crippen molar-refractivity contribution in [1.82, 2.24) is 0 Å². The predicted octanol–water partition coefficient (Wildman–Crippen LogP) is 13.8. The molecule has 0 N–H and O–H groups in total. The molecule has 0 aromatic heterocycles. The first-order valence-electron chi connectivity index (χ1n) is 22.0. The highest BCUT2D eigenvalue weighted by atomic mass is 16.6. The Balaban J connectivity index is 4.39. The molecular weight excluding hydrogens is 648 g/mol. The molecule has 1 unspecified atom stereocenters. The number of hydrogen-bond acceptors (Lipinski definition) is 6. The average molecular weight is 731 g/mol. The molecule has 52 heavy (non-hydrogen) atoms. The SMILES string of the molecule is CC\C=C/C=C\C=C/CCCCCCCC(=O)OCC(COC(=O)CCCCCCCCCCCC)OC(=O)CCCCCCCCCCCCC. The van der Waals surface area contributed by atoms with Crippen molar-refractivity contribution in [2.75, 3.05) is 13.2 Å². The Bertz CT molecular complexity index is 891. The number of ether oxygens (including phenoxy) is 3. The van der Waals surface area contributed by atoms with Crippen LogP contribution < -0.4 is 0 Å². The number of hydrogen-bond donors (Lipinski definition) is 0. The number of unbranched alkanes of at least 4 members (excludes halogenated alkanes) is 24. The van der Waals surface area contributed by atoms with Gasteiger partial charge in [0.05, 0.1) is 0 Å². The molecule has 0 bridgehead atoms. The van der Waals surface area contributed by atoms with Crippen molar-refractivity contribution in [2.24, 2.45) is 0 Å². The van der Waals surface area contributed by atoms with Gasteiger partial charge in [-0.15, -0.1) is 0 Å². The topological polar surface area (TPSA) is 78.9 Å². The van der Waals surface area contributed by atoms with Crippen LogP contribution in [-0.4, -0.2) is 37.2 Å². The van der Waals surface area contributed by atoms with E-state index in [4.69, 9.17) is 14.2 Å². The number of rotatable bonds is 39. The van der Waals surface area contributed by atoms with Crippen LogP contribution in [0.15, 0.2) is 36.5 Å². The molecule has 0 amide bonds. The predicted molar refractivity (Wildman–Crippen MR) is 219 cm³/mol. The number of carbonyl (C=O) groups excluding carboxylic acids is 3. The lowest BCUT2D eigenvalue weighted by Crippen LogP contribution is -2.30. The van der Waals surface area contributed by atoms with E-state index in [0.29, 0.717) is 19.3 Å². The van der Waals surface area contributed by atoms with Gasteiger partial charge in [0, 0.05) is 19.3 Å². The van der Waals surface area contributed by atoms with E-state index >= 15 is 0 Å². The zero-order valence-corrected chi connectivity index (χ0v) is 34.3. The quantitative estimate of drug-likeness (QED) is 0.0271. The Labute approximate surface area is 321 Å². The van der Waals surface area contributed by atoms with Gasteiger partial charge in [-0.2, -0.15) is 0 Å². The second-order valence-electron chi connectivity index (χ2n) is 14.7. The first kappa shape index (κ1) is 49.6. The van der Waals surface area contributed by atoms with Crippen LogP contribution in [-0.2, 0) is 28.6 Å². The summed E-state index contributed by atoms with van der Waals surface area (Å²) in [7, 11) is 0. The van der Waals surface area contributed by atoms with E-state index in [1.165, 1.54) is 96.3 Å². The van der Waals surface area contributed by atoms with Gasteiger partial charge in [-0.1, -0.05) is 198 Å². The molecule has 0 saturated carbocycles. The van der Waals surface area contributed by atoms with Gasteiger partial charge in [-0.05, 0) is 38.5 Å². The second-order valence-corrected chi connectivity index (χ2v) is 14.7. The Morgan fingerprint density at radius 2 is 0.750 bits per heavy atom. The molecule has 0 heterocycles. The van der Waals surface area contributed by atoms with Crippen LogP contribution >= 0.6 is 0 Å². The Kier molecular flexibility index (Phi) is 39.5. The first-order valence-corrected chi connectivity index (χ1v) is 22.0. The van der Waals surface area contributed by atoms with Gasteiger partial charge in [-0.3, -0.25) is 14.4 Å². The maximum atomic E-state index is 12.7. The summed E-state index contributed by atoms with van der Waals surface area (Å²) in [5, 5.41) is 0. The van der Waals surface area contributed by atoms with Crippen molar-refractivity contribution < 1.29 is 28.6 Å². The number of allylic oxidation sites excluding steroid dienone is 6. The summed E-state index contributed by atoms with van der Waals surface area (Å²) in [5.74, 6) is -0.898. The Morgan fingerprint density at radius 1 is 0.404 bits per heavy atom. The van der Waals surface area contributed by atoms with Crippen molar-refractivity contribution in [3.05, 3.63) is 36.5 Å². The van der Waals surface area contributed by atoms with E-state index in [0.717, 1.165) is 83.5 Å². The van der Waals surface area contributed by atoms with E-state index in [-0.39, 0.29) is 31.1 Å². The molecule has 1 atom stereocenters. The summed E-state index contributed by atoms with van der Waals surface area (Å²) in [4.78, 5) is 37.6. The lowest BCUT2D eigenvalue weighted by atomic mass is 10.1. The lowest BCUT2D eigenvalue weighted by Gasteiger charge is -2.18. The summed E-state index contributed by atoms with van der Waals surface area (Å²) in [6, 6.07) is 0. The van der Waals surface area contributed by atoms with Gasteiger partial charge >= 0.3 is 17.9 Å². The van der Waals surface area contributed by atoms with Crippen molar-refractivity contribution in [1.29, 1.82) is 0 Å². The third-order valence-electron chi connectivity index (χ3n) is 9.47. The smallest absolute Gasteiger partial charge is 0.306 e. The van der Waals surface area contributed by atoms with Crippen LogP contribution in [0.4, 0.5) is 0 Å². The molecule has 0 saturated heterocycles. The normalized spacial score (nSPS) is 12.3. The molecule has 0 rings (SSSR count). The zero-order valence-electron chi connectivity index (χ0n) is 34.3. The third kappa shape index (κ3) is 38.9. The average Bonchev–Trinajstić information content (AvgIpc) is 3.14. The molecular formula is C46H82O6. The molecule has 0 radical (unpaired) electrons. The number of carbonyl (C=O) groups is 3. The van der Waals surface area contributed by atoms with Gasteiger partial charge in [0.2, 0.25) is 0 Å². The number of esters is 3. The fraction of sp³-hybridized carbons (Fsp3) is 0.804. The van der Waals surface area contributed by atoms with E-state index in [1.807, 2.05) is 0 Å². The third-order valence-corrected chi connectivity index (χ3v) is 9.47. The van der Waals surface area contributed by atoms with Crippen molar-refractivity contribution in [3.63, 3.8) is 0 Å². The Morgan fingerprint density at radius 3 is 1.15 bits per heavy atom. The van der Waals surface area contributed by atoms with Crippen LogP contribution in [0.3, 0.4) is 0 Å². The highest BCUT2D eigenvalue weighted by molar-refractivity contribution is 5.71. The van der Waals surface area contributed by atoms with E-state index in [2.05, 4.69) is 57.2 Å². The van der Waals surface area contributed by atoms with Crippen molar-refractivity contribution in [2.45, 2.75) is 226 Å². The lowest BCUT2D eigenvalue weighted by molar-refractivity contribution is -0.167. The summed E-state index contributed by atoms with van der Waals surface area (Å²) in [6.45, 7) is 6.46. The fourth-order valence-corrected chi connectivity index (χ4v) is 6.15. The molecule has 0 aromatic carbocycles. The van der Waals surface area contributed by atoms with Crippen LogP contribution in [0.5, 0.6) is 0 Å². The van der Waals surface area contributed by atoms with Gasteiger partial charge in [0.25, 0.3) is 0 Å². The summed E-state index contributed by atoms with van der Waals surface area (Å²) >= 11 is 0. The van der Waals surface area contributed by atoms with E-state index in [9.17, 15) is 14.4 Å². The van der Waals surface area contributed by atoms with Crippen LogP contribution in [0.25, 0.3) is 0 Å². The molecule has 0 aliphatic rings. The molecule has 0 aliphatic carbocycles. The minimum atomic E-state index is -0.772. The summed E-state index contributed by atoms with van der Waals surface area (Å²) in [5.41, 5.74) is 0. The van der Waals surface area contributed by atoms with Crippen LogP contribution in [0, 0.1) is 0 Å². The minimum Gasteiger partial charge on any atom is -0.462 e. The second kappa shape index (κ2) is 41.4. The van der Waals surface area contributed by atoms with E-state index < -0.39 is 6.10 Å². The maximum Gasteiger partial charge on any atom is 0.306 e. The van der Waals surface area contributed by atoms with Gasteiger partial charge < -0.3 is 14.2 Å². The molecule has 302 valence electrons.